The van der Waals surface area contributed by atoms with E-state index in [1.807, 2.05) is 11.8 Å². The maximum Gasteiger partial charge on any atom is 0.315 e. The lowest BCUT2D eigenvalue weighted by Crippen LogP contribution is -2.61. The van der Waals surface area contributed by atoms with Crippen molar-refractivity contribution in [3.05, 3.63) is 54.1 Å². The Bertz CT molecular complexity index is 2630. The van der Waals surface area contributed by atoms with Crippen molar-refractivity contribution in [3.8, 4) is 0 Å². The normalized spacial score (nSPS) is 17.2. The zero-order valence-corrected chi connectivity index (χ0v) is 50.9. The molecule has 3 heterocycles. The summed E-state index contributed by atoms with van der Waals surface area (Å²) in [6.07, 6.45) is 6.17. The molecule has 0 radical (unpaired) electrons. The second kappa shape index (κ2) is 40.4. The van der Waals surface area contributed by atoms with Gasteiger partial charge in [-0.05, 0) is 82.9 Å². The molecule has 24 N–H and O–H groups in total. The summed E-state index contributed by atoms with van der Waals surface area (Å²) in [7, 11) is 0. The third kappa shape index (κ3) is 28.3. The lowest BCUT2D eigenvalue weighted by molar-refractivity contribution is -0.141. The Hall–Kier alpha value is -8.14. The standard InChI is InChI=1S/C56H91N19O13S/c57-19-8-6-14-35(59)48(80)70-39(27-34-30-63-32-67-34)53(85)69-37(16-10-21-66-55(61)62)51(83)71-38(26-33-12-2-1-3-13-33)52(84)72-40(28-44(60)76)54(86)68-36(15-7-9-20-58)50(82)73-41(29-46(78)79)49(81)65-23-25-88-24-11-22-64-45(77)18-5-4-17-43-47-42(31-89-43)74-56(87)75-47/h1-3,12-13,30,32,35-43,47H,4-11,14-29,31,57-59H2,(H2,60,76)(H,63,67)(H,64,77)(H,65,81)(H,68,86)(H,69,85)(H,70,80)(H,71,83)(H,72,84)(H,73,82)(H,78,79)(H4,61,62,66)(H2,74,75,87)/t35-,36-,37-,38-,39-,40-,41-,42-,43-,47-/m0/s1. The summed E-state index contributed by atoms with van der Waals surface area (Å²) >= 11 is 1.82. The number of ether oxygens (including phenoxy) is 1. The van der Waals surface area contributed by atoms with E-state index >= 15 is 0 Å². The Kier molecular flexibility index (Phi) is 33.3. The molecule has 2 aromatic rings. The Morgan fingerprint density at radius 1 is 0.640 bits per heavy atom. The molecule has 1 aromatic carbocycles. The molecule has 10 atom stereocenters. The number of carboxylic acids is 1. The van der Waals surface area contributed by atoms with Gasteiger partial charge in [0.15, 0.2) is 5.96 Å². The summed E-state index contributed by atoms with van der Waals surface area (Å²) in [6.45, 7) is 1.16. The Balaban J connectivity index is 1.40. The van der Waals surface area contributed by atoms with Crippen molar-refractivity contribution < 1.29 is 62.6 Å². The minimum atomic E-state index is -1.78. The third-order valence-corrected chi connectivity index (χ3v) is 16.0. The summed E-state index contributed by atoms with van der Waals surface area (Å²) in [5, 5.41) is 46.9. The molecular weight excluding hydrogens is 1180 g/mol. The predicted octanol–water partition coefficient (Wildman–Crippen LogP) is -4.33. The fourth-order valence-electron chi connectivity index (χ4n) is 9.75. The van der Waals surface area contributed by atoms with Gasteiger partial charge in [0, 0.05) is 62.7 Å². The highest BCUT2D eigenvalue weighted by molar-refractivity contribution is 8.00. The smallest absolute Gasteiger partial charge is 0.315 e. The Labute approximate surface area is 520 Å². The number of imidazole rings is 1. The average Bonchev–Trinajstić information content (AvgIpc) is 4.27. The van der Waals surface area contributed by atoms with Crippen LogP contribution in [0.5, 0.6) is 0 Å². The number of aromatic nitrogens is 2. The van der Waals surface area contributed by atoms with Gasteiger partial charge in [0.2, 0.25) is 53.2 Å². The fraction of sp³-hybridized carbons (Fsp3) is 0.625. The number of carboxylic acid groups (broad SMARTS) is 1. The molecule has 2 aliphatic rings. The highest BCUT2D eigenvalue weighted by atomic mass is 32.2. The van der Waals surface area contributed by atoms with Crippen LogP contribution in [0, 0.1) is 5.41 Å². The first kappa shape index (κ1) is 73.3. The van der Waals surface area contributed by atoms with E-state index < -0.39 is 108 Å². The van der Waals surface area contributed by atoms with E-state index in [9.17, 15) is 57.8 Å². The van der Waals surface area contributed by atoms with Gasteiger partial charge in [-0.1, -0.05) is 43.2 Å². The van der Waals surface area contributed by atoms with Gasteiger partial charge in [-0.15, -0.1) is 0 Å². The average molecular weight is 1270 g/mol. The first-order valence-electron chi connectivity index (χ1n) is 30.1. The predicted molar refractivity (Wildman–Crippen MR) is 328 cm³/mol. The molecule has 33 heteroatoms. The molecule has 0 aliphatic carbocycles. The largest absolute Gasteiger partial charge is 0.481 e. The van der Waals surface area contributed by atoms with Crippen LogP contribution in [0.15, 0.2) is 42.9 Å². The maximum atomic E-state index is 14.5. The minimum Gasteiger partial charge on any atom is -0.481 e. The fourth-order valence-corrected chi connectivity index (χ4v) is 11.3. The van der Waals surface area contributed by atoms with Crippen LogP contribution in [-0.2, 0) is 65.5 Å². The number of benzene rings is 1. The van der Waals surface area contributed by atoms with Crippen LogP contribution >= 0.6 is 11.8 Å². The number of nitrogens with one attached hydrogen (secondary N) is 13. The van der Waals surface area contributed by atoms with Crippen molar-refractivity contribution in [2.75, 3.05) is 51.7 Å². The van der Waals surface area contributed by atoms with Crippen LogP contribution in [0.25, 0.3) is 0 Å². The minimum absolute atomic E-state index is 0.00336. The van der Waals surface area contributed by atoms with Gasteiger partial charge in [0.25, 0.3) is 0 Å². The summed E-state index contributed by atoms with van der Waals surface area (Å²) < 4.78 is 5.59. The number of nitrogens with two attached hydrogens (primary N) is 5. The molecule has 89 heavy (non-hydrogen) atoms. The monoisotopic (exact) mass is 1270 g/mol. The van der Waals surface area contributed by atoms with Crippen molar-refractivity contribution in [1.29, 1.82) is 5.41 Å². The number of fused-ring (bicyclic) bond motifs is 1. The van der Waals surface area contributed by atoms with Gasteiger partial charge in [0.05, 0.1) is 49.6 Å². The number of hydrogen-bond acceptors (Lipinski definition) is 18. The highest BCUT2D eigenvalue weighted by Gasteiger charge is 2.43. The maximum absolute atomic E-state index is 14.5. The summed E-state index contributed by atoms with van der Waals surface area (Å²) in [6, 6.07) is -1.63. The molecular formula is C56H91N19O13S. The van der Waals surface area contributed by atoms with Crippen LogP contribution < -0.4 is 87.2 Å². The number of guanidine groups is 1. The number of rotatable bonds is 45. The molecule has 11 amide bonds. The number of urea groups is 1. The molecule has 1 aromatic heterocycles. The molecule has 2 saturated heterocycles. The Morgan fingerprint density at radius 2 is 1.22 bits per heavy atom. The molecule has 2 fully saturated rings. The summed E-state index contributed by atoms with van der Waals surface area (Å²) in [5.74, 6) is -8.40. The van der Waals surface area contributed by atoms with Crippen LogP contribution in [0.4, 0.5) is 4.79 Å². The van der Waals surface area contributed by atoms with Gasteiger partial charge in [0.1, 0.15) is 36.3 Å². The van der Waals surface area contributed by atoms with Gasteiger partial charge < -0.3 is 102 Å². The number of aromatic amines is 1. The topological polar surface area (TPSA) is 532 Å². The van der Waals surface area contributed by atoms with Crippen molar-refractivity contribution >= 4 is 82.9 Å². The molecule has 0 spiro atoms. The second-order valence-electron chi connectivity index (χ2n) is 21.7. The van der Waals surface area contributed by atoms with Crippen molar-refractivity contribution in [2.45, 2.75) is 169 Å². The van der Waals surface area contributed by atoms with Gasteiger partial charge >= 0.3 is 12.0 Å². The number of H-pyrrole nitrogens is 1. The van der Waals surface area contributed by atoms with E-state index in [-0.39, 0.29) is 108 Å². The van der Waals surface area contributed by atoms with Gasteiger partial charge in [-0.2, -0.15) is 11.8 Å². The number of carbonyl (C=O) groups excluding carboxylic acids is 10. The lowest BCUT2D eigenvalue weighted by Gasteiger charge is -2.27. The van der Waals surface area contributed by atoms with E-state index in [0.29, 0.717) is 68.1 Å². The number of primary amides is 1. The number of aliphatic carboxylic acids is 1. The molecule has 0 saturated carbocycles. The van der Waals surface area contributed by atoms with E-state index in [1.54, 1.807) is 30.3 Å². The summed E-state index contributed by atoms with van der Waals surface area (Å²) in [4.78, 5) is 153. The van der Waals surface area contributed by atoms with Gasteiger partial charge in [-0.25, -0.2) is 9.78 Å². The molecule has 0 unspecified atom stereocenters. The third-order valence-electron chi connectivity index (χ3n) is 14.5. The quantitative estimate of drug-likeness (QED) is 0.0129. The van der Waals surface area contributed by atoms with Crippen molar-refractivity contribution in [3.63, 3.8) is 0 Å². The zero-order valence-electron chi connectivity index (χ0n) is 50.1. The molecule has 4 rings (SSSR count). The van der Waals surface area contributed by atoms with Crippen molar-refractivity contribution in [1.82, 2.24) is 68.5 Å². The molecule has 32 nitrogen and oxygen atoms in total. The number of hydrogen-bond donors (Lipinski definition) is 19. The molecule has 494 valence electrons. The lowest BCUT2D eigenvalue weighted by atomic mass is 10.0. The molecule has 0 bridgehead atoms. The number of unbranched alkanes of at least 4 members (excludes halogenated alkanes) is 3. The van der Waals surface area contributed by atoms with E-state index in [0.717, 1.165) is 18.6 Å². The van der Waals surface area contributed by atoms with Crippen LogP contribution in [0.2, 0.25) is 0 Å². The first-order valence-corrected chi connectivity index (χ1v) is 31.1. The highest BCUT2D eigenvalue weighted by Crippen LogP contribution is 2.33. The number of amides is 11. The molecule has 2 aliphatic heterocycles. The number of thioether (sulfide) groups is 1. The summed E-state index contributed by atoms with van der Waals surface area (Å²) in [5.41, 5.74) is 29.5. The first-order chi connectivity index (χ1) is 42.7. The SMILES string of the molecule is N=C(N)NCCC[C@H](NC(=O)[C@H](Cc1c[nH]cn1)NC(=O)[C@@H](N)CCCCN)C(=O)N[C@@H](Cc1ccccc1)C(=O)N[C@@H](CC(N)=O)C(=O)N[C@@H](CCCCN)C(=O)N[C@@H](CC(=O)O)C(=O)NCCOCCCNC(=O)CCCC[C@@H]1SC[C@@H]2NC(=O)N[C@@H]21. The second-order valence-corrected chi connectivity index (χ2v) is 23.0. The number of carbonyl (C=O) groups is 11. The van der Waals surface area contributed by atoms with E-state index in [2.05, 4.69) is 68.5 Å². The van der Waals surface area contributed by atoms with Gasteiger partial charge in [-0.3, -0.25) is 53.4 Å². The Morgan fingerprint density at radius 3 is 1.85 bits per heavy atom. The van der Waals surface area contributed by atoms with E-state index in [1.165, 1.54) is 12.5 Å². The van der Waals surface area contributed by atoms with Crippen LogP contribution in [0.1, 0.15) is 108 Å². The van der Waals surface area contributed by atoms with Crippen molar-refractivity contribution in [2.24, 2.45) is 28.7 Å². The zero-order chi connectivity index (χ0) is 65.1. The van der Waals surface area contributed by atoms with Crippen LogP contribution in [0.3, 0.4) is 0 Å². The van der Waals surface area contributed by atoms with Crippen LogP contribution in [-0.4, -0.2) is 198 Å². The van der Waals surface area contributed by atoms with E-state index in [4.69, 9.17) is 38.8 Å². The number of nitrogens with zero attached hydrogens (tertiary/aromatic N) is 1.